The fourth-order valence-corrected chi connectivity index (χ4v) is 2.78. The minimum absolute atomic E-state index is 0.134. The third-order valence-corrected chi connectivity index (χ3v) is 4.04. The lowest BCUT2D eigenvalue weighted by Gasteiger charge is -2.12. The van der Waals surface area contributed by atoms with Gasteiger partial charge in [-0.25, -0.2) is 4.39 Å². The summed E-state index contributed by atoms with van der Waals surface area (Å²) in [4.78, 5) is 0. The molecule has 0 aliphatic rings. The summed E-state index contributed by atoms with van der Waals surface area (Å²) in [5, 5.41) is 1.16. The van der Waals surface area contributed by atoms with E-state index in [1.165, 1.54) is 12.1 Å². The molecule has 0 radical (unpaired) electrons. The normalized spacial score (nSPS) is 10.5. The maximum Gasteiger partial charge on any atom is 0.138 e. The number of hydrogen-bond acceptors (Lipinski definition) is 1. The predicted octanol–water partition coefficient (Wildman–Crippen LogP) is 5.72. The van der Waals surface area contributed by atoms with Crippen molar-refractivity contribution >= 4 is 43.5 Å². The first-order chi connectivity index (χ1) is 9.11. The molecule has 0 heterocycles. The molecule has 0 aliphatic heterocycles. The van der Waals surface area contributed by atoms with Gasteiger partial charge in [0.15, 0.2) is 0 Å². The highest BCUT2D eigenvalue weighted by atomic mass is 79.9. The SMILES string of the molecule is Fc1ccc(Cl)cc1COc1c(Br)cccc1CBr. The number of halogens is 4. The van der Waals surface area contributed by atoms with Gasteiger partial charge in [0.25, 0.3) is 0 Å². The van der Waals surface area contributed by atoms with Gasteiger partial charge >= 0.3 is 0 Å². The van der Waals surface area contributed by atoms with Crippen LogP contribution in [0.15, 0.2) is 40.9 Å². The Morgan fingerprint density at radius 1 is 1.16 bits per heavy atom. The van der Waals surface area contributed by atoms with Gasteiger partial charge in [-0.15, -0.1) is 0 Å². The molecular weight excluding hydrogens is 398 g/mol. The molecule has 100 valence electrons. The largest absolute Gasteiger partial charge is 0.487 e. The smallest absolute Gasteiger partial charge is 0.138 e. The van der Waals surface area contributed by atoms with Crippen LogP contribution in [0.2, 0.25) is 5.02 Å². The quantitative estimate of drug-likeness (QED) is 0.589. The first-order valence-corrected chi connectivity index (χ1v) is 7.81. The van der Waals surface area contributed by atoms with E-state index in [0.29, 0.717) is 21.7 Å². The molecule has 0 saturated carbocycles. The van der Waals surface area contributed by atoms with Crippen LogP contribution in [0.1, 0.15) is 11.1 Å². The Morgan fingerprint density at radius 3 is 2.68 bits per heavy atom. The summed E-state index contributed by atoms with van der Waals surface area (Å²) in [5.74, 6) is 0.385. The van der Waals surface area contributed by atoms with Crippen LogP contribution >= 0.6 is 43.5 Å². The fourth-order valence-electron chi connectivity index (χ4n) is 1.62. The molecule has 0 spiro atoms. The number of alkyl halides is 1. The van der Waals surface area contributed by atoms with Gasteiger partial charge < -0.3 is 4.74 Å². The van der Waals surface area contributed by atoms with Gasteiger partial charge in [0, 0.05) is 21.5 Å². The second-order valence-corrected chi connectivity index (χ2v) is 5.74. The van der Waals surface area contributed by atoms with E-state index in [1.807, 2.05) is 18.2 Å². The number of benzene rings is 2. The third-order valence-electron chi connectivity index (χ3n) is 2.57. The predicted molar refractivity (Wildman–Crippen MR) is 82.5 cm³/mol. The average molecular weight is 408 g/mol. The highest BCUT2D eigenvalue weighted by Gasteiger charge is 2.09. The van der Waals surface area contributed by atoms with E-state index in [-0.39, 0.29) is 12.4 Å². The van der Waals surface area contributed by atoms with Gasteiger partial charge in [0.2, 0.25) is 0 Å². The summed E-state index contributed by atoms with van der Waals surface area (Å²) < 4.78 is 20.1. The van der Waals surface area contributed by atoms with Crippen molar-refractivity contribution in [2.75, 3.05) is 0 Å². The van der Waals surface area contributed by atoms with E-state index < -0.39 is 0 Å². The molecule has 0 atom stereocenters. The molecule has 0 bridgehead atoms. The van der Waals surface area contributed by atoms with Crippen LogP contribution < -0.4 is 4.74 Å². The van der Waals surface area contributed by atoms with E-state index in [1.54, 1.807) is 6.07 Å². The molecule has 0 aromatic heterocycles. The van der Waals surface area contributed by atoms with Crippen LogP contribution in [0, 0.1) is 5.82 Å². The zero-order valence-electron chi connectivity index (χ0n) is 9.80. The monoisotopic (exact) mass is 406 g/mol. The van der Waals surface area contributed by atoms with Crippen molar-refractivity contribution in [3.05, 3.63) is 62.8 Å². The van der Waals surface area contributed by atoms with E-state index in [4.69, 9.17) is 16.3 Å². The highest BCUT2D eigenvalue weighted by molar-refractivity contribution is 9.10. The Bertz CT molecular complexity index is 590. The first-order valence-electron chi connectivity index (χ1n) is 5.52. The molecule has 19 heavy (non-hydrogen) atoms. The Hall–Kier alpha value is -0.580. The molecule has 0 saturated heterocycles. The van der Waals surface area contributed by atoms with E-state index >= 15 is 0 Å². The summed E-state index contributed by atoms with van der Waals surface area (Å²) in [7, 11) is 0. The van der Waals surface area contributed by atoms with Crippen LogP contribution in [0.3, 0.4) is 0 Å². The van der Waals surface area contributed by atoms with Gasteiger partial charge in [-0.1, -0.05) is 39.7 Å². The number of hydrogen-bond donors (Lipinski definition) is 0. The second-order valence-electron chi connectivity index (χ2n) is 3.89. The van der Waals surface area contributed by atoms with Gasteiger partial charge in [0.1, 0.15) is 18.2 Å². The molecule has 2 rings (SSSR count). The molecule has 1 nitrogen and oxygen atoms in total. The fraction of sp³-hybridized carbons (Fsp3) is 0.143. The van der Waals surface area contributed by atoms with Crippen molar-refractivity contribution in [1.82, 2.24) is 0 Å². The van der Waals surface area contributed by atoms with Crippen molar-refractivity contribution in [2.45, 2.75) is 11.9 Å². The minimum atomic E-state index is -0.322. The molecule has 0 aliphatic carbocycles. The van der Waals surface area contributed by atoms with Crippen molar-refractivity contribution < 1.29 is 9.13 Å². The molecular formula is C14H10Br2ClFO. The van der Waals surface area contributed by atoms with Crippen LogP contribution in [-0.2, 0) is 11.9 Å². The molecule has 0 amide bonds. The van der Waals surface area contributed by atoms with Crippen molar-refractivity contribution in [3.8, 4) is 5.75 Å². The Labute approximate surface area is 133 Å². The van der Waals surface area contributed by atoms with E-state index in [2.05, 4.69) is 31.9 Å². The van der Waals surface area contributed by atoms with Gasteiger partial charge in [-0.3, -0.25) is 0 Å². The molecule has 2 aromatic carbocycles. The van der Waals surface area contributed by atoms with E-state index in [0.717, 1.165) is 10.0 Å². The number of rotatable bonds is 4. The zero-order chi connectivity index (χ0) is 13.8. The minimum Gasteiger partial charge on any atom is -0.487 e. The lowest BCUT2D eigenvalue weighted by Crippen LogP contribution is -2.01. The van der Waals surface area contributed by atoms with Crippen LogP contribution in [-0.4, -0.2) is 0 Å². The van der Waals surface area contributed by atoms with Crippen LogP contribution in [0.4, 0.5) is 4.39 Å². The topological polar surface area (TPSA) is 9.23 Å². The maximum atomic E-state index is 13.6. The van der Waals surface area contributed by atoms with E-state index in [9.17, 15) is 4.39 Å². The van der Waals surface area contributed by atoms with Gasteiger partial charge in [-0.05, 0) is 40.2 Å². The summed E-state index contributed by atoms with van der Waals surface area (Å²) >= 11 is 12.7. The van der Waals surface area contributed by atoms with Crippen LogP contribution in [0.5, 0.6) is 5.75 Å². The molecule has 5 heteroatoms. The lowest BCUT2D eigenvalue weighted by atomic mass is 10.2. The van der Waals surface area contributed by atoms with Crippen molar-refractivity contribution in [2.24, 2.45) is 0 Å². The van der Waals surface area contributed by atoms with Crippen molar-refractivity contribution in [3.63, 3.8) is 0 Å². The Kier molecular flexibility index (Phi) is 5.25. The summed E-state index contributed by atoms with van der Waals surface area (Å²) in [6, 6.07) is 10.2. The summed E-state index contributed by atoms with van der Waals surface area (Å²) in [6.45, 7) is 0.134. The second kappa shape index (κ2) is 6.73. The Morgan fingerprint density at radius 2 is 1.95 bits per heavy atom. The Balaban J connectivity index is 2.21. The average Bonchev–Trinajstić information content (AvgIpc) is 2.40. The first kappa shape index (κ1) is 14.8. The van der Waals surface area contributed by atoms with Gasteiger partial charge in [0.05, 0.1) is 4.47 Å². The zero-order valence-corrected chi connectivity index (χ0v) is 13.7. The molecule has 0 unspecified atom stereocenters. The summed E-state index contributed by atoms with van der Waals surface area (Å²) in [6.07, 6.45) is 0. The standard InChI is InChI=1S/C14H10Br2ClFO/c15-7-9-2-1-3-12(16)14(9)19-8-10-6-11(17)4-5-13(10)18/h1-6H,7-8H2. The lowest BCUT2D eigenvalue weighted by molar-refractivity contribution is 0.296. The maximum absolute atomic E-state index is 13.6. The van der Waals surface area contributed by atoms with Crippen molar-refractivity contribution in [1.29, 1.82) is 0 Å². The molecule has 2 aromatic rings. The van der Waals surface area contributed by atoms with Gasteiger partial charge in [-0.2, -0.15) is 0 Å². The summed E-state index contributed by atoms with van der Waals surface area (Å²) in [5.41, 5.74) is 1.43. The molecule has 0 fully saturated rings. The third kappa shape index (κ3) is 3.71. The highest BCUT2D eigenvalue weighted by Crippen LogP contribution is 2.31. The number of ether oxygens (including phenoxy) is 1. The molecule has 0 N–H and O–H groups in total. The number of para-hydroxylation sites is 1. The van der Waals surface area contributed by atoms with Crippen LogP contribution in [0.25, 0.3) is 0 Å².